The highest BCUT2D eigenvalue weighted by Gasteiger charge is 2.47. The van der Waals surface area contributed by atoms with Gasteiger partial charge in [-0.05, 0) is 48.9 Å². The summed E-state index contributed by atoms with van der Waals surface area (Å²) in [5.41, 5.74) is 1.89. The second-order valence-corrected chi connectivity index (χ2v) is 9.35. The second-order valence-electron chi connectivity index (χ2n) is 6.99. The monoisotopic (exact) mass is 439 g/mol. The Kier molecular flexibility index (Phi) is 5.13. The third-order valence-corrected chi connectivity index (χ3v) is 7.14. The number of aliphatic hydroxyl groups is 1. The van der Waals surface area contributed by atoms with Gasteiger partial charge >= 0.3 is 0 Å². The molecule has 5 nitrogen and oxygen atoms in total. The first-order valence-corrected chi connectivity index (χ1v) is 11.1. The molecule has 0 saturated heterocycles. The van der Waals surface area contributed by atoms with E-state index in [0.717, 1.165) is 5.56 Å². The van der Waals surface area contributed by atoms with Crippen LogP contribution in [0.15, 0.2) is 94.4 Å². The number of hydrogen-bond donors (Lipinski definition) is 1. The van der Waals surface area contributed by atoms with Crippen LogP contribution in [-0.2, 0) is 14.6 Å². The first-order valence-electron chi connectivity index (χ1n) is 9.19. The minimum absolute atomic E-state index is 0.0105. The largest absolute Gasteiger partial charge is 0.502 e. The van der Waals surface area contributed by atoms with Gasteiger partial charge in [0.25, 0.3) is 5.91 Å². The van der Waals surface area contributed by atoms with Gasteiger partial charge in [0, 0.05) is 10.7 Å². The number of benzene rings is 3. The lowest BCUT2D eigenvalue weighted by Crippen LogP contribution is -2.31. The number of amides is 1. The van der Waals surface area contributed by atoms with Crippen LogP contribution in [0.2, 0.25) is 5.02 Å². The predicted octanol–water partition coefficient (Wildman–Crippen LogP) is 4.98. The third-order valence-electron chi connectivity index (χ3n) is 5.00. The molecule has 30 heavy (non-hydrogen) atoms. The van der Waals surface area contributed by atoms with Crippen molar-refractivity contribution in [2.24, 2.45) is 0 Å². The molecule has 1 atom stereocenters. The average molecular weight is 440 g/mol. The molecule has 3 aromatic carbocycles. The van der Waals surface area contributed by atoms with E-state index in [0.29, 0.717) is 16.3 Å². The summed E-state index contributed by atoms with van der Waals surface area (Å²) >= 11 is 6.01. The van der Waals surface area contributed by atoms with Crippen LogP contribution in [0.25, 0.3) is 0 Å². The molecule has 152 valence electrons. The van der Waals surface area contributed by atoms with Gasteiger partial charge in [-0.3, -0.25) is 9.69 Å². The number of aliphatic hydroxyl groups excluding tert-OH is 1. The van der Waals surface area contributed by atoms with Crippen LogP contribution >= 0.6 is 11.6 Å². The highest BCUT2D eigenvalue weighted by molar-refractivity contribution is 7.95. The molecule has 0 fully saturated rings. The number of sulfone groups is 1. The van der Waals surface area contributed by atoms with Gasteiger partial charge in [0.1, 0.15) is 10.9 Å². The number of anilines is 1. The van der Waals surface area contributed by atoms with Crippen LogP contribution in [0.4, 0.5) is 5.69 Å². The first kappa shape index (κ1) is 20.2. The van der Waals surface area contributed by atoms with Crippen molar-refractivity contribution >= 4 is 33.0 Å². The van der Waals surface area contributed by atoms with Gasteiger partial charge in [-0.15, -0.1) is 0 Å². The normalized spacial score (nSPS) is 16.9. The lowest BCUT2D eigenvalue weighted by Gasteiger charge is -2.27. The summed E-state index contributed by atoms with van der Waals surface area (Å²) in [6.07, 6.45) is 0. The van der Waals surface area contributed by atoms with E-state index in [9.17, 15) is 18.3 Å². The fourth-order valence-corrected chi connectivity index (χ4v) is 5.25. The molecule has 4 rings (SSSR count). The number of rotatable bonds is 4. The number of nitrogens with zero attached hydrogens (tertiary/aromatic N) is 1. The smallest absolute Gasteiger partial charge is 0.295 e. The summed E-state index contributed by atoms with van der Waals surface area (Å²) in [5.74, 6) is -1.55. The number of carbonyl (C=O) groups excluding carboxylic acids is 1. The van der Waals surface area contributed by atoms with Crippen LogP contribution in [0.1, 0.15) is 17.2 Å². The minimum Gasteiger partial charge on any atom is -0.502 e. The van der Waals surface area contributed by atoms with Crippen molar-refractivity contribution in [2.45, 2.75) is 17.9 Å². The molecule has 0 spiro atoms. The van der Waals surface area contributed by atoms with Gasteiger partial charge in [0.2, 0.25) is 9.84 Å². The topological polar surface area (TPSA) is 74.7 Å². The van der Waals surface area contributed by atoms with Crippen LogP contribution < -0.4 is 4.90 Å². The zero-order valence-corrected chi connectivity index (χ0v) is 17.6. The fourth-order valence-electron chi connectivity index (χ4n) is 3.50. The second kappa shape index (κ2) is 7.63. The van der Waals surface area contributed by atoms with Crippen molar-refractivity contribution in [3.8, 4) is 0 Å². The summed E-state index contributed by atoms with van der Waals surface area (Å²) in [5, 5.41) is 11.2. The molecule has 7 heteroatoms. The lowest BCUT2D eigenvalue weighted by atomic mass is 10.1. The lowest BCUT2D eigenvalue weighted by molar-refractivity contribution is -0.117. The summed E-state index contributed by atoms with van der Waals surface area (Å²) in [6.45, 7) is 1.85. The van der Waals surface area contributed by atoms with Crippen molar-refractivity contribution < 1.29 is 18.3 Å². The number of carbonyl (C=O) groups is 1. The molecule has 1 heterocycles. The van der Waals surface area contributed by atoms with E-state index in [1.54, 1.807) is 66.7 Å². The Balaban J connectivity index is 1.94. The Morgan fingerprint density at radius 3 is 2.10 bits per heavy atom. The number of hydrogen-bond acceptors (Lipinski definition) is 4. The quantitative estimate of drug-likeness (QED) is 0.622. The highest BCUT2D eigenvalue weighted by Crippen LogP contribution is 2.44. The van der Waals surface area contributed by atoms with Gasteiger partial charge in [0.15, 0.2) is 5.76 Å². The Morgan fingerprint density at radius 2 is 1.50 bits per heavy atom. The molecule has 1 N–H and O–H groups in total. The predicted molar refractivity (Wildman–Crippen MR) is 116 cm³/mol. The summed E-state index contributed by atoms with van der Waals surface area (Å²) in [7, 11) is -4.15. The molecule has 0 radical (unpaired) electrons. The summed E-state index contributed by atoms with van der Waals surface area (Å²) in [6, 6.07) is 20.5. The standard InChI is InChI=1S/C23H18ClNO4S/c1-15-7-13-19(14-8-15)30(28,29)22-20(16-9-11-17(24)12-10-16)25(23(27)21(22)26)18-5-3-2-4-6-18/h2-14,20,26H,1H3. The van der Waals surface area contributed by atoms with Crippen LogP contribution in [-0.4, -0.2) is 19.4 Å². The fraction of sp³-hybridized carbons (Fsp3) is 0.0870. The van der Waals surface area contributed by atoms with Gasteiger partial charge in [-0.25, -0.2) is 8.42 Å². The van der Waals surface area contributed by atoms with Crippen LogP contribution in [0.3, 0.4) is 0 Å². The van der Waals surface area contributed by atoms with Gasteiger partial charge in [-0.1, -0.05) is 59.6 Å². The maximum atomic E-state index is 13.5. The molecule has 0 aromatic heterocycles. The van der Waals surface area contributed by atoms with E-state index in [1.165, 1.54) is 17.0 Å². The number of halogens is 1. The van der Waals surface area contributed by atoms with Gasteiger partial charge < -0.3 is 5.11 Å². The Morgan fingerprint density at radius 1 is 0.900 bits per heavy atom. The van der Waals surface area contributed by atoms with Crippen molar-refractivity contribution in [1.82, 2.24) is 0 Å². The zero-order chi connectivity index (χ0) is 21.5. The van der Waals surface area contributed by atoms with E-state index in [1.807, 2.05) is 6.92 Å². The Labute approximate surface area is 179 Å². The molecule has 0 aliphatic carbocycles. The Hall–Kier alpha value is -3.09. The van der Waals surface area contributed by atoms with Crippen LogP contribution in [0, 0.1) is 6.92 Å². The molecule has 1 aliphatic heterocycles. The van der Waals surface area contributed by atoms with Crippen LogP contribution in [0.5, 0.6) is 0 Å². The van der Waals surface area contributed by atoms with E-state index in [2.05, 4.69) is 0 Å². The Bertz CT molecular complexity index is 1230. The molecule has 1 unspecified atom stereocenters. The maximum Gasteiger partial charge on any atom is 0.295 e. The van der Waals surface area contributed by atoms with Crippen molar-refractivity contribution in [3.05, 3.63) is 106 Å². The van der Waals surface area contributed by atoms with E-state index in [4.69, 9.17) is 11.6 Å². The maximum absolute atomic E-state index is 13.5. The van der Waals surface area contributed by atoms with Gasteiger partial charge in [-0.2, -0.15) is 0 Å². The molecular weight excluding hydrogens is 422 g/mol. The van der Waals surface area contributed by atoms with E-state index in [-0.39, 0.29) is 9.80 Å². The number of para-hydroxylation sites is 1. The highest BCUT2D eigenvalue weighted by atomic mass is 35.5. The van der Waals surface area contributed by atoms with E-state index < -0.39 is 27.5 Å². The van der Waals surface area contributed by atoms with Crippen molar-refractivity contribution in [1.29, 1.82) is 0 Å². The zero-order valence-electron chi connectivity index (χ0n) is 16.0. The molecule has 0 saturated carbocycles. The van der Waals surface area contributed by atoms with Crippen molar-refractivity contribution in [3.63, 3.8) is 0 Å². The molecule has 1 aliphatic rings. The first-order chi connectivity index (χ1) is 14.3. The molecule has 1 amide bonds. The van der Waals surface area contributed by atoms with Gasteiger partial charge in [0.05, 0.1) is 4.90 Å². The molecular formula is C23H18ClNO4S. The molecule has 3 aromatic rings. The third kappa shape index (κ3) is 3.38. The van der Waals surface area contributed by atoms with E-state index >= 15 is 0 Å². The minimum atomic E-state index is -4.15. The van der Waals surface area contributed by atoms with Crippen molar-refractivity contribution in [2.75, 3.05) is 4.90 Å². The molecule has 0 bridgehead atoms. The number of aryl methyl sites for hydroxylation is 1. The SMILES string of the molecule is Cc1ccc(S(=O)(=O)C2=C(O)C(=O)N(c3ccccc3)C2c2ccc(Cl)cc2)cc1. The summed E-state index contributed by atoms with van der Waals surface area (Å²) < 4.78 is 27.0. The average Bonchev–Trinajstić information content (AvgIpc) is 3.01. The summed E-state index contributed by atoms with van der Waals surface area (Å²) in [4.78, 5) is 14.0.